The van der Waals surface area contributed by atoms with Gasteiger partial charge in [0.25, 0.3) is 0 Å². The molecule has 0 aliphatic carbocycles. The number of ether oxygens (including phenoxy) is 1. The molecule has 0 saturated carbocycles. The van der Waals surface area contributed by atoms with Gasteiger partial charge >= 0.3 is 5.97 Å². The van der Waals surface area contributed by atoms with Crippen molar-refractivity contribution in [2.75, 3.05) is 11.9 Å². The third kappa shape index (κ3) is 5.96. The Bertz CT molecular complexity index is 1040. The van der Waals surface area contributed by atoms with Crippen molar-refractivity contribution in [1.82, 2.24) is 0 Å². The molecule has 1 heterocycles. The summed E-state index contributed by atoms with van der Waals surface area (Å²) in [6.45, 7) is 6.33. The van der Waals surface area contributed by atoms with Crippen LogP contribution in [-0.2, 0) is 16.0 Å². The topological polar surface area (TPSA) is 55.4 Å². The Morgan fingerprint density at radius 3 is 2.35 bits per heavy atom. The van der Waals surface area contributed by atoms with Crippen LogP contribution in [0.3, 0.4) is 0 Å². The van der Waals surface area contributed by atoms with E-state index >= 15 is 0 Å². The minimum absolute atomic E-state index is 0.136. The van der Waals surface area contributed by atoms with E-state index in [0.717, 1.165) is 16.7 Å². The molecule has 1 amide bonds. The number of benzene rings is 2. The predicted molar refractivity (Wildman–Crippen MR) is 128 cm³/mol. The van der Waals surface area contributed by atoms with E-state index in [1.54, 1.807) is 19.1 Å². The second-order valence-electron chi connectivity index (χ2n) is 7.53. The van der Waals surface area contributed by atoms with Gasteiger partial charge < -0.3 is 10.1 Å². The number of anilines is 1. The van der Waals surface area contributed by atoms with Gasteiger partial charge in [-0.25, -0.2) is 4.79 Å². The van der Waals surface area contributed by atoms with Crippen molar-refractivity contribution in [3.63, 3.8) is 0 Å². The molecule has 0 aliphatic heterocycles. The molecule has 162 valence electrons. The zero-order valence-electron chi connectivity index (χ0n) is 17.9. The minimum atomic E-state index is -0.451. The average molecular weight is 456 g/mol. The molecule has 0 bridgehead atoms. The fourth-order valence-corrected chi connectivity index (χ4v) is 4.31. The van der Waals surface area contributed by atoms with Gasteiger partial charge in [0, 0.05) is 22.4 Å². The van der Waals surface area contributed by atoms with Crippen LogP contribution in [0.1, 0.15) is 54.6 Å². The molecule has 3 rings (SSSR count). The summed E-state index contributed by atoms with van der Waals surface area (Å²) in [5, 5.41) is 5.88. The maximum Gasteiger partial charge on any atom is 0.341 e. The number of amides is 1. The summed E-state index contributed by atoms with van der Waals surface area (Å²) in [7, 11) is 0. The summed E-state index contributed by atoms with van der Waals surface area (Å²) < 4.78 is 5.24. The lowest BCUT2D eigenvalue weighted by molar-refractivity contribution is -0.116. The largest absolute Gasteiger partial charge is 0.462 e. The molecule has 31 heavy (non-hydrogen) atoms. The van der Waals surface area contributed by atoms with Crippen LogP contribution in [-0.4, -0.2) is 18.5 Å². The van der Waals surface area contributed by atoms with Crippen LogP contribution >= 0.6 is 22.9 Å². The van der Waals surface area contributed by atoms with E-state index in [4.69, 9.17) is 16.3 Å². The van der Waals surface area contributed by atoms with E-state index in [1.807, 2.05) is 17.5 Å². The van der Waals surface area contributed by atoms with Crippen LogP contribution in [0.15, 0.2) is 53.9 Å². The SMILES string of the molecule is CCOC(=O)c1c(-c2ccc(Cl)cc2)csc1NC(=O)CCc1ccc(C(C)C)cc1. The smallest absolute Gasteiger partial charge is 0.341 e. The number of rotatable bonds is 8. The zero-order chi connectivity index (χ0) is 22.4. The van der Waals surface area contributed by atoms with E-state index < -0.39 is 5.97 Å². The molecule has 2 aromatic carbocycles. The van der Waals surface area contributed by atoms with E-state index in [-0.39, 0.29) is 12.5 Å². The third-order valence-electron chi connectivity index (χ3n) is 4.97. The van der Waals surface area contributed by atoms with Crippen molar-refractivity contribution in [3.05, 3.63) is 75.6 Å². The molecule has 1 N–H and O–H groups in total. The molecule has 4 nitrogen and oxygen atoms in total. The number of esters is 1. The fraction of sp³-hybridized carbons (Fsp3) is 0.280. The number of carbonyl (C=O) groups is 2. The molecule has 3 aromatic rings. The summed E-state index contributed by atoms with van der Waals surface area (Å²) in [5.74, 6) is -0.108. The third-order valence-corrected chi connectivity index (χ3v) is 6.11. The average Bonchev–Trinajstić information content (AvgIpc) is 3.16. The number of thiophene rings is 1. The molecule has 0 unspecified atom stereocenters. The molecular weight excluding hydrogens is 430 g/mol. The predicted octanol–water partition coefficient (Wildman–Crippen LogP) is 6.94. The first-order chi connectivity index (χ1) is 14.9. The van der Waals surface area contributed by atoms with Crippen molar-refractivity contribution in [2.24, 2.45) is 0 Å². The quantitative estimate of drug-likeness (QED) is 0.374. The van der Waals surface area contributed by atoms with Crippen LogP contribution in [0.5, 0.6) is 0 Å². The Kier molecular flexibility index (Phi) is 7.88. The van der Waals surface area contributed by atoms with E-state index in [2.05, 4.69) is 43.4 Å². The lowest BCUT2D eigenvalue weighted by atomic mass is 10.0. The van der Waals surface area contributed by atoms with Crippen LogP contribution in [0.4, 0.5) is 5.00 Å². The zero-order valence-corrected chi connectivity index (χ0v) is 19.5. The van der Waals surface area contributed by atoms with Gasteiger partial charge in [-0.05, 0) is 48.1 Å². The maximum atomic E-state index is 12.6. The monoisotopic (exact) mass is 455 g/mol. The van der Waals surface area contributed by atoms with Crippen molar-refractivity contribution in [3.8, 4) is 11.1 Å². The molecule has 0 spiro atoms. The van der Waals surface area contributed by atoms with Crippen LogP contribution < -0.4 is 5.32 Å². The molecule has 0 fully saturated rings. The van der Waals surface area contributed by atoms with Crippen LogP contribution in [0.25, 0.3) is 11.1 Å². The van der Waals surface area contributed by atoms with E-state index in [0.29, 0.717) is 34.3 Å². The highest BCUT2D eigenvalue weighted by atomic mass is 35.5. The summed E-state index contributed by atoms with van der Waals surface area (Å²) in [5.41, 5.74) is 4.33. The first-order valence-electron chi connectivity index (χ1n) is 10.3. The van der Waals surface area contributed by atoms with Crippen molar-refractivity contribution >= 4 is 39.8 Å². The second-order valence-corrected chi connectivity index (χ2v) is 8.84. The lowest BCUT2D eigenvalue weighted by Crippen LogP contribution is -2.15. The van der Waals surface area contributed by atoms with Gasteiger partial charge in [0.15, 0.2) is 0 Å². The van der Waals surface area contributed by atoms with Gasteiger partial charge in [0.1, 0.15) is 10.6 Å². The highest BCUT2D eigenvalue weighted by molar-refractivity contribution is 7.15. The van der Waals surface area contributed by atoms with Crippen LogP contribution in [0, 0.1) is 0 Å². The van der Waals surface area contributed by atoms with E-state index in [9.17, 15) is 9.59 Å². The van der Waals surface area contributed by atoms with Crippen molar-refractivity contribution in [2.45, 2.75) is 39.5 Å². The Morgan fingerprint density at radius 2 is 1.74 bits per heavy atom. The van der Waals surface area contributed by atoms with Crippen molar-refractivity contribution in [1.29, 1.82) is 0 Å². The number of carbonyl (C=O) groups excluding carboxylic acids is 2. The molecule has 0 aliphatic rings. The van der Waals surface area contributed by atoms with Gasteiger partial charge in [-0.1, -0.05) is 61.8 Å². The molecule has 0 atom stereocenters. The number of hydrogen-bond donors (Lipinski definition) is 1. The first kappa shape index (κ1) is 23.0. The first-order valence-corrected chi connectivity index (χ1v) is 11.6. The number of hydrogen-bond acceptors (Lipinski definition) is 4. The lowest BCUT2D eigenvalue weighted by Gasteiger charge is -2.09. The summed E-state index contributed by atoms with van der Waals surface area (Å²) in [6, 6.07) is 15.6. The number of halogens is 1. The highest BCUT2D eigenvalue weighted by Gasteiger charge is 2.22. The fourth-order valence-electron chi connectivity index (χ4n) is 3.21. The Balaban J connectivity index is 1.74. The Hall–Kier alpha value is -2.63. The standard InChI is InChI=1S/C25H26ClNO3S/c1-4-30-25(29)23-21(19-10-12-20(26)13-11-19)15-31-24(23)27-22(28)14-7-17-5-8-18(9-6-17)16(2)3/h5-6,8-13,15-16H,4,7,14H2,1-3H3,(H,27,28). The van der Waals surface area contributed by atoms with Crippen LogP contribution in [0.2, 0.25) is 5.02 Å². The molecule has 6 heteroatoms. The molecule has 1 aromatic heterocycles. The van der Waals surface area contributed by atoms with E-state index in [1.165, 1.54) is 16.9 Å². The second kappa shape index (κ2) is 10.6. The molecule has 0 radical (unpaired) electrons. The summed E-state index contributed by atoms with van der Waals surface area (Å²) in [6.07, 6.45) is 0.964. The Morgan fingerprint density at radius 1 is 1.06 bits per heavy atom. The molecule has 0 saturated heterocycles. The molecular formula is C25H26ClNO3S. The number of aryl methyl sites for hydroxylation is 1. The summed E-state index contributed by atoms with van der Waals surface area (Å²) >= 11 is 7.31. The van der Waals surface area contributed by atoms with Gasteiger partial charge in [-0.2, -0.15) is 0 Å². The van der Waals surface area contributed by atoms with Gasteiger partial charge in [-0.3, -0.25) is 4.79 Å². The van der Waals surface area contributed by atoms with Gasteiger partial charge in [0.05, 0.1) is 6.61 Å². The maximum absolute atomic E-state index is 12.6. The highest BCUT2D eigenvalue weighted by Crippen LogP contribution is 2.36. The summed E-state index contributed by atoms with van der Waals surface area (Å²) in [4.78, 5) is 25.3. The minimum Gasteiger partial charge on any atom is -0.462 e. The number of nitrogens with one attached hydrogen (secondary N) is 1. The Labute approximate surface area is 192 Å². The van der Waals surface area contributed by atoms with Gasteiger partial charge in [-0.15, -0.1) is 11.3 Å². The van der Waals surface area contributed by atoms with Gasteiger partial charge in [0.2, 0.25) is 5.91 Å². The normalized spacial score (nSPS) is 10.9. The van der Waals surface area contributed by atoms with Crippen molar-refractivity contribution < 1.29 is 14.3 Å².